The van der Waals surface area contributed by atoms with E-state index in [-0.39, 0.29) is 19.3 Å². The summed E-state index contributed by atoms with van der Waals surface area (Å²) in [6.07, 6.45) is 6.59. The first-order chi connectivity index (χ1) is 13.6. The zero-order valence-corrected chi connectivity index (χ0v) is 17.4. The van der Waals surface area contributed by atoms with Crippen molar-refractivity contribution in [2.24, 2.45) is 11.8 Å². The van der Waals surface area contributed by atoms with Gasteiger partial charge >= 0.3 is 11.9 Å². The van der Waals surface area contributed by atoms with Crippen molar-refractivity contribution in [2.75, 3.05) is 0 Å². The van der Waals surface area contributed by atoms with Crippen LogP contribution in [0.3, 0.4) is 0 Å². The minimum absolute atomic E-state index is 0.0541. The summed E-state index contributed by atoms with van der Waals surface area (Å²) >= 11 is 0. The van der Waals surface area contributed by atoms with Crippen molar-refractivity contribution in [2.45, 2.75) is 83.0 Å². The second-order valence-electron chi connectivity index (χ2n) is 7.96. The number of aliphatic carboxylic acids is 1. The van der Waals surface area contributed by atoms with Crippen LogP contribution in [0, 0.1) is 11.8 Å². The van der Waals surface area contributed by atoms with Gasteiger partial charge in [-0.1, -0.05) is 51.0 Å². The van der Waals surface area contributed by atoms with Crippen molar-refractivity contribution < 1.29 is 34.4 Å². The molecule has 0 bridgehead atoms. The van der Waals surface area contributed by atoms with Crippen molar-refractivity contribution in [3.05, 3.63) is 24.8 Å². The van der Waals surface area contributed by atoms with E-state index in [1.165, 1.54) is 6.08 Å². The SMILES string of the molecule is C=CC(CCCC(=O)O)OC(=O)[C@H]1C(=O)C[C@@H](O)[C@@H]1/C=C/[C@](C)(O)CCCCC. The standard InChI is InChI=1S/C22H34O7/c1-4-6-7-12-22(3,28)13-11-16-17(23)14-18(24)20(16)21(27)29-15(5-2)9-8-10-19(25)26/h5,11,13,15-17,20,23,28H,2,4,6-10,12,14H2,1,3H3,(H,25,26)/b13-11+/t15?,16-,17+,20+,22+/m0/s1. The van der Waals surface area contributed by atoms with Crippen molar-refractivity contribution >= 4 is 17.7 Å². The highest BCUT2D eigenvalue weighted by Gasteiger charge is 2.46. The Balaban J connectivity index is 2.78. The van der Waals surface area contributed by atoms with Gasteiger partial charge in [-0.25, -0.2) is 0 Å². The molecule has 1 aliphatic rings. The first-order valence-corrected chi connectivity index (χ1v) is 10.3. The van der Waals surface area contributed by atoms with Crippen LogP contribution < -0.4 is 0 Å². The number of unbranched alkanes of at least 4 members (excludes halogenated alkanes) is 2. The highest BCUT2D eigenvalue weighted by Crippen LogP contribution is 2.33. The Morgan fingerprint density at radius 3 is 2.62 bits per heavy atom. The number of rotatable bonds is 13. The lowest BCUT2D eigenvalue weighted by Crippen LogP contribution is -2.31. The number of Topliss-reactive ketones (excluding diaryl/α,β-unsaturated/α-hetero) is 1. The maximum absolute atomic E-state index is 12.6. The van der Waals surface area contributed by atoms with Gasteiger partial charge in [0.25, 0.3) is 0 Å². The average Bonchev–Trinajstić information content (AvgIpc) is 2.92. The van der Waals surface area contributed by atoms with Gasteiger partial charge in [-0.2, -0.15) is 0 Å². The Bertz CT molecular complexity index is 608. The van der Waals surface area contributed by atoms with Crippen LogP contribution >= 0.6 is 0 Å². The molecule has 1 saturated carbocycles. The van der Waals surface area contributed by atoms with Crippen molar-refractivity contribution in [3.8, 4) is 0 Å². The molecule has 1 aliphatic carbocycles. The van der Waals surface area contributed by atoms with E-state index in [4.69, 9.17) is 9.84 Å². The Labute approximate surface area is 172 Å². The number of ether oxygens (including phenoxy) is 1. The lowest BCUT2D eigenvalue weighted by atomic mass is 9.90. The van der Waals surface area contributed by atoms with Crippen molar-refractivity contribution in [1.29, 1.82) is 0 Å². The predicted octanol–water partition coefficient (Wildman–Crippen LogP) is 2.79. The molecular formula is C22H34O7. The van der Waals surface area contributed by atoms with E-state index in [2.05, 4.69) is 13.5 Å². The maximum atomic E-state index is 12.6. The number of carbonyl (C=O) groups is 3. The molecule has 1 fully saturated rings. The third-order valence-corrected chi connectivity index (χ3v) is 5.21. The van der Waals surface area contributed by atoms with Gasteiger partial charge in [-0.3, -0.25) is 14.4 Å². The zero-order valence-electron chi connectivity index (χ0n) is 17.4. The Hall–Kier alpha value is -1.99. The molecule has 0 aromatic rings. The summed E-state index contributed by atoms with van der Waals surface area (Å²) < 4.78 is 5.35. The van der Waals surface area contributed by atoms with Crippen LogP contribution in [0.5, 0.6) is 0 Å². The molecule has 7 nitrogen and oxygen atoms in total. The molecule has 0 aromatic carbocycles. The molecular weight excluding hydrogens is 376 g/mol. The van der Waals surface area contributed by atoms with E-state index < -0.39 is 47.4 Å². The third kappa shape index (κ3) is 8.50. The van der Waals surface area contributed by atoms with Crippen LogP contribution in [0.1, 0.15) is 65.2 Å². The van der Waals surface area contributed by atoms with E-state index in [1.54, 1.807) is 19.1 Å². The highest BCUT2D eigenvalue weighted by molar-refractivity contribution is 6.01. The monoisotopic (exact) mass is 410 g/mol. The fourth-order valence-corrected chi connectivity index (χ4v) is 3.47. The molecule has 0 spiro atoms. The first-order valence-electron chi connectivity index (χ1n) is 10.3. The van der Waals surface area contributed by atoms with E-state index >= 15 is 0 Å². The molecule has 0 heterocycles. The summed E-state index contributed by atoms with van der Waals surface area (Å²) in [6, 6.07) is 0. The second kappa shape index (κ2) is 11.9. The molecule has 0 aromatic heterocycles. The molecule has 0 amide bonds. The first kappa shape index (κ1) is 25.0. The molecule has 5 atom stereocenters. The Morgan fingerprint density at radius 1 is 1.34 bits per heavy atom. The summed E-state index contributed by atoms with van der Waals surface area (Å²) in [5, 5.41) is 29.4. The van der Waals surface area contributed by atoms with Gasteiger partial charge in [0.05, 0.1) is 11.7 Å². The molecule has 1 rings (SSSR count). The van der Waals surface area contributed by atoms with E-state index in [9.17, 15) is 24.6 Å². The predicted molar refractivity (Wildman–Crippen MR) is 108 cm³/mol. The number of carboxylic acids is 1. The number of carbonyl (C=O) groups excluding carboxylic acids is 2. The number of hydrogen-bond donors (Lipinski definition) is 3. The molecule has 29 heavy (non-hydrogen) atoms. The average molecular weight is 411 g/mol. The Kier molecular flexibility index (Phi) is 10.3. The summed E-state index contributed by atoms with van der Waals surface area (Å²) in [4.78, 5) is 35.5. The fraction of sp³-hybridized carbons (Fsp3) is 0.682. The lowest BCUT2D eigenvalue weighted by Gasteiger charge is -2.22. The number of hydrogen-bond acceptors (Lipinski definition) is 6. The van der Waals surface area contributed by atoms with Gasteiger partial charge in [-0.05, 0) is 26.2 Å². The summed E-state index contributed by atoms with van der Waals surface area (Å²) in [5.74, 6) is -4.01. The zero-order chi connectivity index (χ0) is 22.0. The molecule has 0 radical (unpaired) electrons. The maximum Gasteiger partial charge on any atom is 0.317 e. The normalized spacial score (nSPS) is 25.0. The van der Waals surface area contributed by atoms with Gasteiger partial charge in [0, 0.05) is 18.8 Å². The summed E-state index contributed by atoms with van der Waals surface area (Å²) in [6.45, 7) is 7.32. The number of carboxylic acid groups (broad SMARTS) is 1. The van der Waals surface area contributed by atoms with Crippen molar-refractivity contribution in [1.82, 2.24) is 0 Å². The highest BCUT2D eigenvalue weighted by atomic mass is 16.5. The molecule has 1 unspecified atom stereocenters. The fourth-order valence-electron chi connectivity index (χ4n) is 3.47. The molecule has 3 N–H and O–H groups in total. The number of esters is 1. The van der Waals surface area contributed by atoms with Crippen molar-refractivity contribution in [3.63, 3.8) is 0 Å². The molecule has 7 heteroatoms. The van der Waals surface area contributed by atoms with Crippen LogP contribution in [0.15, 0.2) is 24.8 Å². The minimum Gasteiger partial charge on any atom is -0.481 e. The Morgan fingerprint density at radius 2 is 2.03 bits per heavy atom. The molecule has 0 saturated heterocycles. The lowest BCUT2D eigenvalue weighted by molar-refractivity contribution is -0.155. The second-order valence-corrected chi connectivity index (χ2v) is 7.96. The third-order valence-electron chi connectivity index (χ3n) is 5.21. The minimum atomic E-state index is -1.14. The summed E-state index contributed by atoms with van der Waals surface area (Å²) in [5.41, 5.74) is -1.09. The molecule has 0 aliphatic heterocycles. The van der Waals surface area contributed by atoms with Crippen LogP contribution in [-0.2, 0) is 19.1 Å². The topological polar surface area (TPSA) is 121 Å². The van der Waals surface area contributed by atoms with Gasteiger partial charge in [0.2, 0.25) is 0 Å². The van der Waals surface area contributed by atoms with E-state index in [0.717, 1.165) is 19.3 Å². The van der Waals surface area contributed by atoms with Gasteiger partial charge in [-0.15, -0.1) is 0 Å². The van der Waals surface area contributed by atoms with Gasteiger partial charge in [0.1, 0.15) is 17.8 Å². The van der Waals surface area contributed by atoms with Crippen LogP contribution in [0.25, 0.3) is 0 Å². The number of ketones is 1. The van der Waals surface area contributed by atoms with Crippen LogP contribution in [-0.4, -0.2) is 50.9 Å². The van der Waals surface area contributed by atoms with Gasteiger partial charge in [0.15, 0.2) is 0 Å². The number of aliphatic hydroxyl groups excluding tert-OH is 1. The number of aliphatic hydroxyl groups is 2. The smallest absolute Gasteiger partial charge is 0.317 e. The van der Waals surface area contributed by atoms with Crippen LogP contribution in [0.4, 0.5) is 0 Å². The van der Waals surface area contributed by atoms with Crippen LogP contribution in [0.2, 0.25) is 0 Å². The quantitative estimate of drug-likeness (QED) is 0.185. The van der Waals surface area contributed by atoms with E-state index in [0.29, 0.717) is 12.8 Å². The van der Waals surface area contributed by atoms with Gasteiger partial charge < -0.3 is 20.1 Å². The largest absolute Gasteiger partial charge is 0.481 e. The molecule has 164 valence electrons. The summed E-state index contributed by atoms with van der Waals surface area (Å²) in [7, 11) is 0. The van der Waals surface area contributed by atoms with E-state index in [1.807, 2.05) is 0 Å².